The van der Waals surface area contributed by atoms with Crippen molar-refractivity contribution in [2.24, 2.45) is 0 Å². The van der Waals surface area contributed by atoms with Crippen LogP contribution in [-0.2, 0) is 12.4 Å². The third kappa shape index (κ3) is 4.49. The van der Waals surface area contributed by atoms with Gasteiger partial charge in [-0.05, 0) is 36.4 Å². The molecule has 144 valence electrons. The van der Waals surface area contributed by atoms with Gasteiger partial charge in [0.05, 0.1) is 11.1 Å². The van der Waals surface area contributed by atoms with E-state index in [1.54, 1.807) is 0 Å². The summed E-state index contributed by atoms with van der Waals surface area (Å²) in [6.07, 6.45) is -9.67. The first kappa shape index (κ1) is 20.1. The number of aromatic carboxylic acids is 1. The summed E-state index contributed by atoms with van der Waals surface area (Å²) in [4.78, 5) is 23.1. The van der Waals surface area contributed by atoms with Crippen LogP contribution in [-0.4, -0.2) is 22.2 Å². The fraction of sp³-hybridized carbons (Fsp3) is 0.125. The molecule has 0 aliphatic carbocycles. The summed E-state index contributed by atoms with van der Waals surface area (Å²) in [6.45, 7) is 0. The highest BCUT2D eigenvalue weighted by Crippen LogP contribution is 2.35. The first-order valence-electron chi connectivity index (χ1n) is 6.87. The van der Waals surface area contributed by atoms with Crippen molar-refractivity contribution in [2.75, 3.05) is 0 Å². The van der Waals surface area contributed by atoms with Crippen LogP contribution in [0.1, 0.15) is 31.8 Å². The van der Waals surface area contributed by atoms with Crippen molar-refractivity contribution in [3.8, 4) is 11.5 Å². The minimum absolute atomic E-state index is 0.223. The molecular weight excluding hydrogens is 386 g/mol. The number of carboxylic acids is 1. The molecule has 0 heterocycles. The molecule has 0 unspecified atom stereocenters. The largest absolute Gasteiger partial charge is 0.507 e. The molecule has 11 heteroatoms. The molecule has 2 aromatic carbocycles. The van der Waals surface area contributed by atoms with Crippen LogP contribution >= 0.6 is 0 Å². The van der Waals surface area contributed by atoms with Gasteiger partial charge < -0.3 is 14.9 Å². The topological polar surface area (TPSA) is 83.8 Å². The first-order chi connectivity index (χ1) is 12.3. The maximum Gasteiger partial charge on any atom is 0.416 e. The number of aromatic hydroxyl groups is 1. The number of rotatable bonds is 3. The fourth-order valence-corrected chi connectivity index (χ4v) is 2.00. The van der Waals surface area contributed by atoms with Gasteiger partial charge in [-0.15, -0.1) is 0 Å². The number of esters is 1. The molecule has 0 atom stereocenters. The van der Waals surface area contributed by atoms with Crippen LogP contribution in [0.5, 0.6) is 11.5 Å². The number of carbonyl (C=O) groups is 2. The second-order valence-corrected chi connectivity index (χ2v) is 5.13. The van der Waals surface area contributed by atoms with Crippen LogP contribution in [0.15, 0.2) is 36.4 Å². The van der Waals surface area contributed by atoms with Crippen molar-refractivity contribution in [1.29, 1.82) is 0 Å². The number of phenolic OH excluding ortho intramolecular Hbond substituents is 1. The lowest BCUT2D eigenvalue weighted by Gasteiger charge is -2.13. The Morgan fingerprint density at radius 1 is 0.815 bits per heavy atom. The number of carbonyl (C=O) groups excluding carboxylic acids is 1. The van der Waals surface area contributed by atoms with Gasteiger partial charge in [-0.3, -0.25) is 0 Å². The van der Waals surface area contributed by atoms with Gasteiger partial charge in [0.15, 0.2) is 0 Å². The summed E-state index contributed by atoms with van der Waals surface area (Å²) in [6, 6.07) is 2.48. The fourth-order valence-electron chi connectivity index (χ4n) is 2.00. The molecule has 0 saturated heterocycles. The second-order valence-electron chi connectivity index (χ2n) is 5.13. The van der Waals surface area contributed by atoms with Gasteiger partial charge >= 0.3 is 24.3 Å². The zero-order valence-electron chi connectivity index (χ0n) is 12.9. The molecule has 0 radical (unpaired) electrons. The molecule has 0 aromatic heterocycles. The van der Waals surface area contributed by atoms with E-state index in [9.17, 15) is 41.0 Å². The molecule has 0 amide bonds. The van der Waals surface area contributed by atoms with E-state index in [2.05, 4.69) is 4.74 Å². The average Bonchev–Trinajstić information content (AvgIpc) is 2.52. The number of halogens is 6. The first-order valence-corrected chi connectivity index (χ1v) is 6.87. The summed E-state index contributed by atoms with van der Waals surface area (Å²) in [5.41, 5.74) is -4.17. The van der Waals surface area contributed by atoms with Gasteiger partial charge in [0, 0.05) is 0 Å². The lowest BCUT2D eigenvalue weighted by molar-refractivity contribution is -0.138. The number of phenols is 1. The molecule has 0 aliphatic rings. The minimum atomic E-state index is -4.87. The van der Waals surface area contributed by atoms with E-state index < -0.39 is 58.0 Å². The molecular formula is C16H8F6O5. The zero-order chi connectivity index (χ0) is 20.6. The molecule has 0 bridgehead atoms. The summed E-state index contributed by atoms with van der Waals surface area (Å²) in [7, 11) is 0. The van der Waals surface area contributed by atoms with E-state index in [0.29, 0.717) is 24.3 Å². The smallest absolute Gasteiger partial charge is 0.416 e. The molecule has 0 saturated carbocycles. The number of carboxylic acid groups (broad SMARTS) is 1. The number of alkyl halides is 6. The normalized spacial score (nSPS) is 11.9. The quantitative estimate of drug-likeness (QED) is 0.460. The monoisotopic (exact) mass is 394 g/mol. The summed E-state index contributed by atoms with van der Waals surface area (Å²) in [5.74, 6) is -5.37. The van der Waals surface area contributed by atoms with Crippen LogP contribution in [0.3, 0.4) is 0 Å². The Morgan fingerprint density at radius 2 is 1.30 bits per heavy atom. The Balaban J connectivity index is 2.41. The molecule has 2 N–H and O–H groups in total. The Kier molecular flexibility index (Phi) is 5.07. The van der Waals surface area contributed by atoms with E-state index in [1.165, 1.54) is 0 Å². The van der Waals surface area contributed by atoms with E-state index >= 15 is 0 Å². The van der Waals surface area contributed by atoms with Gasteiger partial charge in [-0.25, -0.2) is 9.59 Å². The SMILES string of the molecule is O=C(Oc1cc(C(F)(F)F)ccc1C(=O)O)c1ccc(C(F)(F)F)cc1O. The number of benzene rings is 2. The Hall–Kier alpha value is -3.24. The highest BCUT2D eigenvalue weighted by molar-refractivity contribution is 5.97. The van der Waals surface area contributed by atoms with Gasteiger partial charge in [-0.1, -0.05) is 0 Å². The maximum atomic E-state index is 12.7. The van der Waals surface area contributed by atoms with Crippen molar-refractivity contribution in [3.63, 3.8) is 0 Å². The van der Waals surface area contributed by atoms with Crippen LogP contribution in [0.2, 0.25) is 0 Å². The summed E-state index contributed by atoms with van der Waals surface area (Å²) in [5, 5.41) is 18.5. The number of hydrogen-bond acceptors (Lipinski definition) is 4. The molecule has 2 rings (SSSR count). The van der Waals surface area contributed by atoms with Gasteiger partial charge in [0.25, 0.3) is 0 Å². The zero-order valence-corrected chi connectivity index (χ0v) is 12.9. The second kappa shape index (κ2) is 6.82. The lowest BCUT2D eigenvalue weighted by Crippen LogP contribution is -2.14. The van der Waals surface area contributed by atoms with E-state index in [1.807, 2.05) is 0 Å². The average molecular weight is 394 g/mol. The Morgan fingerprint density at radius 3 is 1.74 bits per heavy atom. The number of ether oxygens (including phenoxy) is 1. The summed E-state index contributed by atoms with van der Waals surface area (Å²) >= 11 is 0. The van der Waals surface area contributed by atoms with Gasteiger partial charge in [-0.2, -0.15) is 26.3 Å². The molecule has 0 fully saturated rings. The molecule has 2 aromatic rings. The van der Waals surface area contributed by atoms with Crippen molar-refractivity contribution >= 4 is 11.9 Å². The van der Waals surface area contributed by atoms with Gasteiger partial charge in [0.2, 0.25) is 0 Å². The Labute approximate surface area is 146 Å². The molecule has 5 nitrogen and oxygen atoms in total. The molecule has 0 aliphatic heterocycles. The van der Waals surface area contributed by atoms with E-state index in [4.69, 9.17) is 5.11 Å². The van der Waals surface area contributed by atoms with Crippen molar-refractivity contribution in [3.05, 3.63) is 58.7 Å². The van der Waals surface area contributed by atoms with E-state index in [0.717, 1.165) is 0 Å². The van der Waals surface area contributed by atoms with E-state index in [-0.39, 0.29) is 12.1 Å². The predicted molar refractivity (Wildman–Crippen MR) is 76.5 cm³/mol. The predicted octanol–water partition coefficient (Wildman–Crippen LogP) is 4.35. The standard InChI is InChI=1S/C16H8F6O5/c17-15(18,19)7-1-3-9(11(23)5-7)14(26)27-12-6-8(16(20,21)22)2-4-10(12)13(24)25/h1-6,23H,(H,24,25). The van der Waals surface area contributed by atoms with Crippen molar-refractivity contribution in [1.82, 2.24) is 0 Å². The maximum absolute atomic E-state index is 12.7. The van der Waals surface area contributed by atoms with Crippen LogP contribution in [0.25, 0.3) is 0 Å². The van der Waals surface area contributed by atoms with Crippen molar-refractivity contribution < 1.29 is 50.9 Å². The van der Waals surface area contributed by atoms with Crippen LogP contribution < -0.4 is 4.74 Å². The number of hydrogen-bond donors (Lipinski definition) is 2. The summed E-state index contributed by atoms with van der Waals surface area (Å²) < 4.78 is 80.5. The molecule has 27 heavy (non-hydrogen) atoms. The third-order valence-electron chi connectivity index (χ3n) is 3.29. The Bertz CT molecular complexity index is 901. The third-order valence-corrected chi connectivity index (χ3v) is 3.29. The van der Waals surface area contributed by atoms with Gasteiger partial charge in [0.1, 0.15) is 22.6 Å². The highest BCUT2D eigenvalue weighted by atomic mass is 19.4. The lowest BCUT2D eigenvalue weighted by atomic mass is 10.1. The van der Waals surface area contributed by atoms with Crippen molar-refractivity contribution in [2.45, 2.75) is 12.4 Å². The van der Waals surface area contributed by atoms with Crippen LogP contribution in [0, 0.1) is 0 Å². The van der Waals surface area contributed by atoms with Crippen LogP contribution in [0.4, 0.5) is 26.3 Å². The molecule has 0 spiro atoms. The highest BCUT2D eigenvalue weighted by Gasteiger charge is 2.33. The minimum Gasteiger partial charge on any atom is -0.507 e.